The van der Waals surface area contributed by atoms with E-state index in [9.17, 15) is 19.1 Å². The van der Waals surface area contributed by atoms with Crippen LogP contribution in [0.3, 0.4) is 0 Å². The summed E-state index contributed by atoms with van der Waals surface area (Å²) < 4.78 is 35.1. The molecule has 10 nitrogen and oxygen atoms in total. The molecule has 8 heterocycles. The number of halogens is 2. The number of carbonyl (C=O) groups excluding carboxylic acids is 1. The smallest absolute Gasteiger partial charge is 0.512 e. The maximum Gasteiger partial charge on any atom is 3.00 e. The maximum atomic E-state index is 16.2. The summed E-state index contributed by atoms with van der Waals surface area (Å²) in [5.41, 5.74) is 13.8. The molecule has 18 rings (SSSR count). The van der Waals surface area contributed by atoms with Gasteiger partial charge in [-0.05, 0) is 138 Å². The van der Waals surface area contributed by atoms with Crippen molar-refractivity contribution in [3.63, 3.8) is 0 Å². The van der Waals surface area contributed by atoms with Crippen LogP contribution in [-0.4, -0.2) is 46.9 Å². The molecule has 17 heteroatoms. The Kier molecular flexibility index (Phi) is 27.2. The fraction of sp³-hybridized carbons (Fsp3) is 0.0825. The number of benzene rings is 9. The van der Waals surface area contributed by atoms with Crippen molar-refractivity contribution in [1.29, 1.82) is 0 Å². The number of fused-ring (bicyclic) bond motifs is 5. The molecule has 0 aliphatic heterocycles. The molecule has 0 unspecified atom stereocenters. The number of aliphatic hydroxyl groups is 1. The van der Waals surface area contributed by atoms with Crippen LogP contribution in [0.15, 0.2) is 303 Å². The molecule has 567 valence electrons. The number of carboxylic acids is 1. The van der Waals surface area contributed by atoms with Gasteiger partial charge in [-0.3, -0.25) is 24.7 Å². The van der Waals surface area contributed by atoms with E-state index in [1.54, 1.807) is 53.0 Å². The molecule has 17 aromatic rings. The van der Waals surface area contributed by atoms with E-state index in [4.69, 9.17) is 10.1 Å². The van der Waals surface area contributed by atoms with Gasteiger partial charge in [0.25, 0.3) is 0 Å². The summed E-state index contributed by atoms with van der Waals surface area (Å²) >= 11 is 3.22. The van der Waals surface area contributed by atoms with Crippen molar-refractivity contribution >= 4 is 76.1 Å². The van der Waals surface area contributed by atoms with Gasteiger partial charge in [0.05, 0.1) is 23.3 Å². The number of ketones is 1. The molecule has 8 aromatic heterocycles. The SMILES string of the molecule is CC(=O)C=C(C)O.CC(F)(c1cccc(-c2[c-]c3ccccc3s2)n1)c1cccc(-c2[c-]c3ccccc3s2)n1.CC1(C)c2c([c-]ccc2F)-c2ncc(-c3ccccc3)c3cccc1c23.Cc1ccc(-c2cc(C(=O)O)nc(-c3[c-]cccc3)c2)cc1.[CH2-][n+]1ccccc1-c1[c-]c(-c2nccc3ccccc23)ccc1.[Ir+3].[Ir].[Pt+2]. The predicted molar refractivity (Wildman–Crippen MR) is 444 cm³/mol. The van der Waals surface area contributed by atoms with Crippen LogP contribution < -0.4 is 4.57 Å². The third kappa shape index (κ3) is 18.7. The number of hydrogen-bond donors (Lipinski definition) is 2. The number of rotatable bonds is 11. The molecule has 1 radical (unpaired) electrons. The fourth-order valence-electron chi connectivity index (χ4n) is 13.5. The molecule has 0 atom stereocenters. The number of carbonyl (C=O) groups is 2. The summed E-state index contributed by atoms with van der Waals surface area (Å²) in [5.74, 6) is -1.29. The summed E-state index contributed by atoms with van der Waals surface area (Å²) in [6.07, 6.45) is 6.85. The second kappa shape index (κ2) is 37.1. The number of carboxylic acid groups (broad SMARTS) is 1. The second-order valence-corrected chi connectivity index (χ2v) is 29.2. The van der Waals surface area contributed by atoms with Crippen LogP contribution in [0.1, 0.15) is 73.2 Å². The zero-order chi connectivity index (χ0) is 77.3. The number of hydrogen-bond acceptors (Lipinski definition) is 10. The van der Waals surface area contributed by atoms with Crippen molar-refractivity contribution in [2.75, 3.05) is 0 Å². The molecule has 0 bridgehead atoms. The Balaban J connectivity index is 0.000000146. The predicted octanol–water partition coefficient (Wildman–Crippen LogP) is 23.8. The van der Waals surface area contributed by atoms with Crippen LogP contribution in [-0.2, 0) is 77.2 Å². The van der Waals surface area contributed by atoms with E-state index in [2.05, 4.69) is 132 Å². The number of aliphatic hydroxyl groups excluding tert-OH is 1. The molecule has 2 N–H and O–H groups in total. The van der Waals surface area contributed by atoms with Gasteiger partial charge in [-0.2, -0.15) is 0 Å². The van der Waals surface area contributed by atoms with Crippen LogP contribution >= 0.6 is 22.7 Å². The number of allylic oxidation sites excluding steroid dienone is 2. The molecule has 0 saturated heterocycles. The average Bonchev–Trinajstić information content (AvgIpc) is 0.811. The van der Waals surface area contributed by atoms with Crippen molar-refractivity contribution in [3.8, 4) is 88.4 Å². The normalized spacial score (nSPS) is 11.6. The number of aromatic nitrogens is 6. The first-order valence-electron chi connectivity index (χ1n) is 35.8. The standard InChI is InChI=1S/C28H17FN2S2.C24H17FN.C21H15N2.C19H14NO2.C5H8O2.2Ir.Pt/c1-28(29,26-14-6-10-20(30-26)24-16-18-8-2-4-12-22(18)32-24)27-15-7-11-21(31-27)25-17-19-9-3-5-13-23(19)33-25;1-24(2)19-12-6-10-16-18(15-8-4-3-5-9-15)14-26-23(21(16)19)17-11-7-13-20(25)22(17)24;1-23-14-5-4-11-20(23)17-8-6-9-18(15-17)21-19-10-3-2-7-16(19)12-13-22-21;1-13-7-9-14(10-8-13)16-11-17(15-5-3-2-4-6-15)20-18(12-16)19(21)22;1-4(6)3-5(2)7;;;/h2-15H,1H3;3-10,12-14H,1-2H3;2-14H,1H2;2-5,7-12H,1H3,(H,21,22);3,6H,1-2H3;;;/q-2;3*-1;;;+3;+2. The first-order chi connectivity index (χ1) is 53.7. The fourth-order valence-corrected chi connectivity index (χ4v) is 15.4. The van der Waals surface area contributed by atoms with Gasteiger partial charge in [-0.1, -0.05) is 200 Å². The molecular formula is C97H71F2Ir2N6O4PtS2. The first-order valence-corrected chi connectivity index (χ1v) is 37.4. The Bertz CT molecular complexity index is 6140. The van der Waals surface area contributed by atoms with Crippen molar-refractivity contribution in [3.05, 3.63) is 380 Å². The minimum atomic E-state index is -1.85. The van der Waals surface area contributed by atoms with Crippen molar-refractivity contribution < 1.29 is 94.4 Å². The number of aromatic carboxylic acids is 1. The maximum absolute atomic E-state index is 16.2. The summed E-state index contributed by atoms with van der Waals surface area (Å²) in [6.45, 7) is 10.5. The average molecular weight is 2070 g/mol. The summed E-state index contributed by atoms with van der Waals surface area (Å²) in [6, 6.07) is 105. The Morgan fingerprint density at radius 2 is 1.17 bits per heavy atom. The summed E-state index contributed by atoms with van der Waals surface area (Å²) in [5, 5.41) is 24.3. The van der Waals surface area contributed by atoms with Gasteiger partial charge in [0.2, 0.25) is 0 Å². The van der Waals surface area contributed by atoms with E-state index in [0.717, 1.165) is 119 Å². The molecule has 9 aromatic carbocycles. The van der Waals surface area contributed by atoms with E-state index in [0.29, 0.717) is 34.0 Å². The molecule has 1 aliphatic carbocycles. The number of thiophene rings is 2. The molecule has 0 amide bonds. The molecular weight excluding hydrogens is 1990 g/mol. The third-order valence-corrected chi connectivity index (χ3v) is 21.0. The van der Waals surface area contributed by atoms with Crippen LogP contribution in [0.25, 0.3) is 130 Å². The van der Waals surface area contributed by atoms with Crippen LogP contribution in [0.4, 0.5) is 8.78 Å². The third-order valence-electron chi connectivity index (χ3n) is 18.9. The van der Waals surface area contributed by atoms with Crippen molar-refractivity contribution in [1.82, 2.24) is 24.9 Å². The number of aryl methyl sites for hydroxylation is 1. The monoisotopic (exact) mass is 2070 g/mol. The molecule has 0 spiro atoms. The van der Waals surface area contributed by atoms with Crippen LogP contribution in [0.5, 0.6) is 0 Å². The number of pyridine rings is 6. The van der Waals surface area contributed by atoms with Gasteiger partial charge in [-0.25, -0.2) is 36.2 Å². The van der Waals surface area contributed by atoms with E-state index in [1.807, 2.05) is 206 Å². The second-order valence-electron chi connectivity index (χ2n) is 27.1. The molecule has 1 aliphatic rings. The quantitative estimate of drug-likeness (QED) is 0.0560. The van der Waals surface area contributed by atoms with Crippen molar-refractivity contribution in [2.24, 2.45) is 0 Å². The van der Waals surface area contributed by atoms with Gasteiger partial charge in [-0.15, -0.1) is 131 Å². The van der Waals surface area contributed by atoms with Gasteiger partial charge in [0, 0.05) is 74.1 Å². The molecule has 0 fully saturated rings. The molecule has 0 saturated carbocycles. The van der Waals surface area contributed by atoms with Crippen molar-refractivity contribution in [2.45, 2.75) is 52.6 Å². The summed E-state index contributed by atoms with van der Waals surface area (Å²) in [7, 11) is 4.03. The molecule has 114 heavy (non-hydrogen) atoms. The van der Waals surface area contributed by atoms with Crippen LogP contribution in [0, 0.1) is 50.1 Å². The zero-order valence-electron chi connectivity index (χ0n) is 62.4. The Labute approximate surface area is 710 Å². The Morgan fingerprint density at radius 1 is 0.570 bits per heavy atom. The van der Waals surface area contributed by atoms with E-state index in [1.165, 1.54) is 38.3 Å². The van der Waals surface area contributed by atoms with Gasteiger partial charge < -0.3 is 19.8 Å². The van der Waals surface area contributed by atoms with E-state index in [-0.39, 0.29) is 84.3 Å². The van der Waals surface area contributed by atoms with Gasteiger partial charge >= 0.3 is 47.1 Å². The van der Waals surface area contributed by atoms with Crippen LogP contribution in [0.2, 0.25) is 0 Å². The first kappa shape index (κ1) is 83.6. The van der Waals surface area contributed by atoms with E-state index >= 15 is 4.39 Å². The topological polar surface area (TPSA) is 143 Å². The Hall–Kier alpha value is -11.3. The largest absolute Gasteiger partial charge is 3.00 e. The van der Waals surface area contributed by atoms with Gasteiger partial charge in [0.1, 0.15) is 11.4 Å². The number of nitrogens with zero attached hydrogens (tertiary/aromatic N) is 6. The Morgan fingerprint density at radius 3 is 1.79 bits per heavy atom. The minimum absolute atomic E-state index is 0. The van der Waals surface area contributed by atoms with E-state index < -0.39 is 17.1 Å². The van der Waals surface area contributed by atoms with Gasteiger partial charge in [0.15, 0.2) is 11.5 Å². The minimum Gasteiger partial charge on any atom is -0.512 e. The number of alkyl halides is 1. The zero-order valence-corrected chi connectivity index (χ0v) is 71.1. The summed E-state index contributed by atoms with van der Waals surface area (Å²) in [4.78, 5) is 46.1.